The third-order valence-corrected chi connectivity index (χ3v) is 3.61. The molecule has 3 rings (SSSR count). The van der Waals surface area contributed by atoms with E-state index in [4.69, 9.17) is 33.0 Å². The quantitative estimate of drug-likeness (QED) is 0.425. The maximum Gasteiger partial charge on any atom is 0.490 e. The Labute approximate surface area is 166 Å². The molecule has 0 bridgehead atoms. The smallest absolute Gasteiger partial charge is 0.475 e. The van der Waals surface area contributed by atoms with E-state index in [2.05, 4.69) is 9.98 Å². The lowest BCUT2D eigenvalue weighted by atomic mass is 10.2. The van der Waals surface area contributed by atoms with Crippen molar-refractivity contribution >= 4 is 40.3 Å². The van der Waals surface area contributed by atoms with Crippen LogP contribution in [-0.4, -0.2) is 38.7 Å². The van der Waals surface area contributed by atoms with Crippen LogP contribution in [0.2, 0.25) is 5.02 Å². The van der Waals surface area contributed by atoms with E-state index in [0.717, 1.165) is 16.6 Å². The summed E-state index contributed by atoms with van der Waals surface area (Å²) in [4.78, 5) is 28.5. The van der Waals surface area contributed by atoms with Crippen molar-refractivity contribution in [1.29, 1.82) is 0 Å². The summed E-state index contributed by atoms with van der Waals surface area (Å²) >= 11 is 5.98. The molecule has 5 N–H and O–H groups in total. The minimum atomic E-state index is -5.08. The maximum absolute atomic E-state index is 11.8. The van der Waals surface area contributed by atoms with Crippen LogP contribution >= 0.6 is 11.6 Å². The lowest BCUT2D eigenvalue weighted by Crippen LogP contribution is -2.24. The molecule has 0 radical (unpaired) electrons. The molecule has 1 amide bonds. The van der Waals surface area contributed by atoms with E-state index in [1.54, 1.807) is 36.8 Å². The third kappa shape index (κ3) is 5.69. The molecule has 0 fully saturated rings. The van der Waals surface area contributed by atoms with Gasteiger partial charge in [-0.1, -0.05) is 11.6 Å². The molecule has 3 aromatic rings. The molecule has 0 unspecified atom stereocenters. The number of rotatable bonds is 2. The van der Waals surface area contributed by atoms with Gasteiger partial charge in [-0.15, -0.1) is 0 Å². The Kier molecular flexibility index (Phi) is 6.44. The van der Waals surface area contributed by atoms with Gasteiger partial charge in [0.25, 0.3) is 5.91 Å². The van der Waals surface area contributed by atoms with E-state index < -0.39 is 18.1 Å². The van der Waals surface area contributed by atoms with Gasteiger partial charge in [-0.3, -0.25) is 9.78 Å². The first kappa shape index (κ1) is 21.7. The zero-order valence-electron chi connectivity index (χ0n) is 14.4. The van der Waals surface area contributed by atoms with Crippen molar-refractivity contribution in [3.05, 3.63) is 59.5 Å². The lowest BCUT2D eigenvalue weighted by molar-refractivity contribution is -0.192. The highest BCUT2D eigenvalue weighted by Gasteiger charge is 2.38. The van der Waals surface area contributed by atoms with Crippen molar-refractivity contribution in [2.45, 2.75) is 6.18 Å². The molecule has 29 heavy (non-hydrogen) atoms. The van der Waals surface area contributed by atoms with Gasteiger partial charge in [0.2, 0.25) is 0 Å². The van der Waals surface area contributed by atoms with Gasteiger partial charge in [0.05, 0.1) is 16.8 Å². The van der Waals surface area contributed by atoms with E-state index in [0.29, 0.717) is 10.6 Å². The number of carbonyl (C=O) groups is 2. The van der Waals surface area contributed by atoms with E-state index >= 15 is 0 Å². The predicted molar refractivity (Wildman–Crippen MR) is 99.9 cm³/mol. The molecule has 12 heteroatoms. The average Bonchev–Trinajstić information content (AvgIpc) is 3.10. The maximum atomic E-state index is 11.8. The van der Waals surface area contributed by atoms with E-state index in [1.165, 1.54) is 0 Å². The van der Waals surface area contributed by atoms with Crippen molar-refractivity contribution in [2.24, 2.45) is 16.5 Å². The number of fused-ring (bicyclic) bond motifs is 1. The number of amides is 1. The molecule has 0 saturated heterocycles. The van der Waals surface area contributed by atoms with Crippen LogP contribution in [0.4, 0.5) is 13.2 Å². The molecule has 0 spiro atoms. The fraction of sp³-hybridized carbons (Fsp3) is 0.0588. The second-order valence-corrected chi connectivity index (χ2v) is 5.88. The first-order valence-corrected chi connectivity index (χ1v) is 8.03. The Balaban J connectivity index is 0.000000370. The molecule has 1 aromatic carbocycles. The van der Waals surface area contributed by atoms with Crippen LogP contribution in [0.15, 0.2) is 53.9 Å². The summed E-state index contributed by atoms with van der Waals surface area (Å²) in [6.45, 7) is 0. The second-order valence-electron chi connectivity index (χ2n) is 5.44. The highest BCUT2D eigenvalue weighted by atomic mass is 35.5. The molecule has 2 heterocycles. The third-order valence-electron chi connectivity index (χ3n) is 3.37. The average molecular weight is 428 g/mol. The monoisotopic (exact) mass is 427 g/mol. The van der Waals surface area contributed by atoms with Crippen molar-refractivity contribution in [3.63, 3.8) is 0 Å². The number of nitrogens with two attached hydrogens (primary N) is 2. The summed E-state index contributed by atoms with van der Waals surface area (Å²) < 4.78 is 33.5. The van der Waals surface area contributed by atoms with Gasteiger partial charge >= 0.3 is 12.1 Å². The van der Waals surface area contributed by atoms with Crippen LogP contribution in [0.25, 0.3) is 16.6 Å². The Morgan fingerprint density at radius 3 is 2.41 bits per heavy atom. The highest BCUT2D eigenvalue weighted by Crippen LogP contribution is 2.24. The number of aliphatic imine (C=N–C) groups is 1. The summed E-state index contributed by atoms with van der Waals surface area (Å²) in [5.41, 5.74) is 12.5. The number of guanidine groups is 1. The first-order chi connectivity index (χ1) is 13.5. The molecule has 0 aliphatic rings. The number of pyridine rings is 1. The zero-order chi connectivity index (χ0) is 21.8. The van der Waals surface area contributed by atoms with Crippen LogP contribution in [0.3, 0.4) is 0 Å². The largest absolute Gasteiger partial charge is 0.490 e. The fourth-order valence-electron chi connectivity index (χ4n) is 2.19. The van der Waals surface area contributed by atoms with Crippen LogP contribution in [0, 0.1) is 0 Å². The standard InChI is InChI=1S/C15H12ClN5O.C2HF3O2/c16-10-1-2-11-12(7-10)19-5-3-13(11)21-6-4-9(8-21)14(22)20-15(17)18;3-2(4,5)1(6)7/h1-8H,(H4,17,18,20,22);(H,6,7). The van der Waals surface area contributed by atoms with Gasteiger partial charge in [0, 0.05) is 29.0 Å². The first-order valence-electron chi connectivity index (χ1n) is 7.65. The number of hydrogen-bond acceptors (Lipinski definition) is 3. The Bertz CT molecular complexity index is 1090. The minimum absolute atomic E-state index is 0.262. The van der Waals surface area contributed by atoms with Gasteiger partial charge in [-0.25, -0.2) is 4.79 Å². The summed E-state index contributed by atoms with van der Waals surface area (Å²) in [6.07, 6.45) is 0.0303. The Morgan fingerprint density at radius 1 is 1.17 bits per heavy atom. The summed E-state index contributed by atoms with van der Waals surface area (Å²) in [5.74, 6) is -3.51. The molecule has 0 saturated carbocycles. The summed E-state index contributed by atoms with van der Waals surface area (Å²) in [7, 11) is 0. The molecule has 8 nitrogen and oxygen atoms in total. The number of hydrogen-bond donors (Lipinski definition) is 3. The van der Waals surface area contributed by atoms with Crippen LogP contribution in [-0.2, 0) is 4.79 Å². The number of alkyl halides is 3. The number of carbonyl (C=O) groups excluding carboxylic acids is 1. The lowest BCUT2D eigenvalue weighted by Gasteiger charge is -2.07. The van der Waals surface area contributed by atoms with Crippen molar-refractivity contribution in [1.82, 2.24) is 9.55 Å². The number of carboxylic acids is 1. The van der Waals surface area contributed by atoms with Gasteiger partial charge in [-0.2, -0.15) is 18.2 Å². The number of halogens is 4. The van der Waals surface area contributed by atoms with Crippen molar-refractivity contribution < 1.29 is 27.9 Å². The molecular weight excluding hydrogens is 415 g/mol. The molecule has 0 aliphatic heterocycles. The topological polar surface area (TPSA) is 137 Å². The molecule has 0 atom stereocenters. The molecular formula is C17H13ClF3N5O3. The highest BCUT2D eigenvalue weighted by molar-refractivity contribution is 6.31. The van der Waals surface area contributed by atoms with E-state index in [-0.39, 0.29) is 5.96 Å². The van der Waals surface area contributed by atoms with Crippen LogP contribution in [0.5, 0.6) is 0 Å². The number of aromatic nitrogens is 2. The predicted octanol–water partition coefficient (Wildman–Crippen LogP) is 2.73. The Morgan fingerprint density at radius 2 is 1.83 bits per heavy atom. The zero-order valence-corrected chi connectivity index (χ0v) is 15.1. The second kappa shape index (κ2) is 8.61. The number of carboxylic acid groups (broad SMARTS) is 1. The van der Waals surface area contributed by atoms with Crippen molar-refractivity contribution in [2.75, 3.05) is 0 Å². The fourth-order valence-corrected chi connectivity index (χ4v) is 2.35. The molecule has 2 aromatic heterocycles. The van der Waals surface area contributed by atoms with Gasteiger partial charge in [0.1, 0.15) is 0 Å². The molecule has 0 aliphatic carbocycles. The number of aliphatic carboxylic acids is 1. The SMILES string of the molecule is NC(N)=NC(=O)c1ccn(-c2ccnc3cc(Cl)ccc23)c1.O=C(O)C(F)(F)F. The van der Waals surface area contributed by atoms with Crippen LogP contribution in [0.1, 0.15) is 10.4 Å². The van der Waals surface area contributed by atoms with Crippen molar-refractivity contribution in [3.8, 4) is 5.69 Å². The van der Waals surface area contributed by atoms with Crippen LogP contribution < -0.4 is 11.5 Å². The number of nitrogens with zero attached hydrogens (tertiary/aromatic N) is 3. The summed E-state index contributed by atoms with van der Waals surface area (Å²) in [6, 6.07) is 8.97. The normalized spacial score (nSPS) is 10.8. The van der Waals surface area contributed by atoms with E-state index in [1.807, 2.05) is 16.7 Å². The number of benzene rings is 1. The molecule has 152 valence electrons. The van der Waals surface area contributed by atoms with Gasteiger partial charge in [0.15, 0.2) is 5.96 Å². The van der Waals surface area contributed by atoms with Gasteiger partial charge < -0.3 is 21.1 Å². The van der Waals surface area contributed by atoms with Gasteiger partial charge in [-0.05, 0) is 30.3 Å². The Hall–Kier alpha value is -3.60. The summed E-state index contributed by atoms with van der Waals surface area (Å²) in [5, 5.41) is 8.66. The minimum Gasteiger partial charge on any atom is -0.475 e. The van der Waals surface area contributed by atoms with E-state index in [9.17, 15) is 18.0 Å².